The number of hydrogen-bond acceptors (Lipinski definition) is 3. The van der Waals surface area contributed by atoms with Gasteiger partial charge in [-0.2, -0.15) is 0 Å². The third kappa shape index (κ3) is 4.35. The van der Waals surface area contributed by atoms with Crippen molar-refractivity contribution in [2.45, 2.75) is 20.0 Å². The Morgan fingerprint density at radius 1 is 1.00 bits per heavy atom. The molecule has 0 amide bonds. The predicted molar refractivity (Wildman–Crippen MR) is 82.4 cm³/mol. The van der Waals surface area contributed by atoms with Crippen molar-refractivity contribution >= 4 is 17.3 Å². The van der Waals surface area contributed by atoms with E-state index in [1.165, 1.54) is 0 Å². The minimum atomic E-state index is 0.466. The molecule has 0 aliphatic rings. The van der Waals surface area contributed by atoms with Gasteiger partial charge in [-0.05, 0) is 24.1 Å². The summed E-state index contributed by atoms with van der Waals surface area (Å²) in [6.07, 6.45) is 0.954. The molecule has 0 saturated heterocycles. The highest BCUT2D eigenvalue weighted by molar-refractivity contribution is 6.30. The van der Waals surface area contributed by atoms with Crippen molar-refractivity contribution in [3.8, 4) is 11.5 Å². The van der Waals surface area contributed by atoms with Gasteiger partial charge < -0.3 is 15.2 Å². The molecule has 0 unspecified atom stereocenters. The zero-order chi connectivity index (χ0) is 14.4. The molecule has 0 bridgehead atoms. The molecule has 2 aromatic rings. The Balaban J connectivity index is 2.01. The molecule has 0 aliphatic carbocycles. The highest BCUT2D eigenvalue weighted by atomic mass is 35.5. The summed E-state index contributed by atoms with van der Waals surface area (Å²) in [5, 5.41) is 0.716. The first-order valence-electron chi connectivity index (χ1n) is 6.58. The van der Waals surface area contributed by atoms with Crippen LogP contribution in [-0.2, 0) is 6.61 Å². The molecule has 106 valence electrons. The van der Waals surface area contributed by atoms with Gasteiger partial charge in [0.1, 0.15) is 18.1 Å². The van der Waals surface area contributed by atoms with Crippen LogP contribution in [0.1, 0.15) is 18.9 Å². The van der Waals surface area contributed by atoms with Crippen LogP contribution in [0.5, 0.6) is 11.5 Å². The zero-order valence-electron chi connectivity index (χ0n) is 11.4. The van der Waals surface area contributed by atoms with Crippen LogP contribution < -0.4 is 15.2 Å². The van der Waals surface area contributed by atoms with Gasteiger partial charge in [-0.25, -0.2) is 0 Å². The molecule has 4 heteroatoms. The monoisotopic (exact) mass is 291 g/mol. The quantitative estimate of drug-likeness (QED) is 0.808. The second-order valence-corrected chi connectivity index (χ2v) is 4.94. The number of benzene rings is 2. The summed E-state index contributed by atoms with van der Waals surface area (Å²) < 4.78 is 11.3. The van der Waals surface area contributed by atoms with Crippen LogP contribution in [0.25, 0.3) is 0 Å². The second-order valence-electron chi connectivity index (χ2n) is 4.50. The Morgan fingerprint density at radius 2 is 1.65 bits per heavy atom. The van der Waals surface area contributed by atoms with E-state index in [4.69, 9.17) is 26.8 Å². The fourth-order valence-electron chi connectivity index (χ4n) is 1.73. The van der Waals surface area contributed by atoms with Crippen LogP contribution in [0.4, 0.5) is 5.69 Å². The lowest BCUT2D eigenvalue weighted by molar-refractivity contribution is 0.295. The fraction of sp³-hybridized carbons (Fsp3) is 0.250. The maximum absolute atomic E-state index is 5.85. The summed E-state index contributed by atoms with van der Waals surface area (Å²) in [4.78, 5) is 0. The lowest BCUT2D eigenvalue weighted by Crippen LogP contribution is -1.99. The second kappa shape index (κ2) is 7.06. The topological polar surface area (TPSA) is 44.5 Å². The van der Waals surface area contributed by atoms with E-state index in [9.17, 15) is 0 Å². The Labute approximate surface area is 124 Å². The average Bonchev–Trinajstić information content (AvgIpc) is 2.44. The van der Waals surface area contributed by atoms with E-state index in [1.54, 1.807) is 12.1 Å². The molecule has 0 atom stereocenters. The van der Waals surface area contributed by atoms with Crippen molar-refractivity contribution < 1.29 is 9.47 Å². The van der Waals surface area contributed by atoms with Crippen molar-refractivity contribution in [3.05, 3.63) is 53.1 Å². The number of anilines is 1. The van der Waals surface area contributed by atoms with Crippen LogP contribution in [0.2, 0.25) is 5.02 Å². The Hall–Kier alpha value is -1.87. The number of nitrogen functional groups attached to an aromatic ring is 1. The molecule has 0 spiro atoms. The van der Waals surface area contributed by atoms with Crippen LogP contribution in [-0.4, -0.2) is 6.61 Å². The molecule has 0 aliphatic heterocycles. The molecular formula is C16H18ClNO2. The van der Waals surface area contributed by atoms with Crippen molar-refractivity contribution in [2.24, 2.45) is 0 Å². The Bertz CT molecular complexity index is 555. The predicted octanol–water partition coefficient (Wildman–Crippen LogP) is 4.29. The van der Waals surface area contributed by atoms with Gasteiger partial charge in [0.15, 0.2) is 0 Å². The first-order chi connectivity index (χ1) is 9.67. The van der Waals surface area contributed by atoms with Gasteiger partial charge in [-0.15, -0.1) is 0 Å². The lowest BCUT2D eigenvalue weighted by Gasteiger charge is -2.10. The van der Waals surface area contributed by atoms with E-state index in [-0.39, 0.29) is 0 Å². The van der Waals surface area contributed by atoms with Crippen molar-refractivity contribution in [1.29, 1.82) is 0 Å². The van der Waals surface area contributed by atoms with E-state index in [0.29, 0.717) is 29.7 Å². The molecule has 0 aromatic heterocycles. The lowest BCUT2D eigenvalue weighted by atomic mass is 10.2. The van der Waals surface area contributed by atoms with Crippen LogP contribution in [0, 0.1) is 0 Å². The molecule has 0 heterocycles. The fourth-order valence-corrected chi connectivity index (χ4v) is 1.85. The van der Waals surface area contributed by atoms with E-state index >= 15 is 0 Å². The van der Waals surface area contributed by atoms with Gasteiger partial charge in [0.05, 0.1) is 6.61 Å². The summed E-state index contributed by atoms with van der Waals surface area (Å²) in [6, 6.07) is 13.0. The first kappa shape index (κ1) is 14.5. The highest BCUT2D eigenvalue weighted by Crippen LogP contribution is 2.25. The molecule has 2 rings (SSSR count). The Morgan fingerprint density at radius 3 is 2.30 bits per heavy atom. The third-order valence-electron chi connectivity index (χ3n) is 2.69. The Kier molecular flexibility index (Phi) is 5.13. The average molecular weight is 292 g/mol. The van der Waals surface area contributed by atoms with E-state index in [1.807, 2.05) is 30.3 Å². The molecule has 0 saturated carbocycles. The molecule has 0 radical (unpaired) electrons. The molecule has 0 fully saturated rings. The molecule has 3 nitrogen and oxygen atoms in total. The van der Waals surface area contributed by atoms with Crippen LogP contribution in [0.15, 0.2) is 42.5 Å². The van der Waals surface area contributed by atoms with E-state index < -0.39 is 0 Å². The van der Waals surface area contributed by atoms with Crippen molar-refractivity contribution in [2.75, 3.05) is 12.3 Å². The van der Waals surface area contributed by atoms with Crippen molar-refractivity contribution in [1.82, 2.24) is 0 Å². The summed E-state index contributed by atoms with van der Waals surface area (Å²) in [5.41, 5.74) is 7.52. The normalized spacial score (nSPS) is 10.3. The first-order valence-corrected chi connectivity index (χ1v) is 6.96. The van der Waals surface area contributed by atoms with Gasteiger partial charge in [0.25, 0.3) is 0 Å². The number of rotatable bonds is 6. The smallest absolute Gasteiger partial charge is 0.125 e. The molecule has 2 aromatic carbocycles. The van der Waals surface area contributed by atoms with Crippen molar-refractivity contribution in [3.63, 3.8) is 0 Å². The number of ether oxygens (including phenoxy) is 2. The molecular weight excluding hydrogens is 274 g/mol. The summed E-state index contributed by atoms with van der Waals surface area (Å²) >= 11 is 5.85. The molecule has 20 heavy (non-hydrogen) atoms. The largest absolute Gasteiger partial charge is 0.493 e. The summed E-state index contributed by atoms with van der Waals surface area (Å²) in [7, 11) is 0. The maximum atomic E-state index is 5.85. The SMILES string of the molecule is CCCOc1cc(N)cc(OCc2ccc(Cl)cc2)c1. The van der Waals surface area contributed by atoms with Gasteiger partial charge in [-0.3, -0.25) is 0 Å². The number of nitrogens with two attached hydrogens (primary N) is 1. The van der Waals surface area contributed by atoms with Gasteiger partial charge in [0.2, 0.25) is 0 Å². The summed E-state index contributed by atoms with van der Waals surface area (Å²) in [5.74, 6) is 1.43. The highest BCUT2D eigenvalue weighted by Gasteiger charge is 2.02. The number of halogens is 1. The molecule has 2 N–H and O–H groups in total. The van der Waals surface area contributed by atoms with Crippen LogP contribution in [0.3, 0.4) is 0 Å². The maximum Gasteiger partial charge on any atom is 0.125 e. The minimum absolute atomic E-state index is 0.466. The number of hydrogen-bond donors (Lipinski definition) is 1. The summed E-state index contributed by atoms with van der Waals surface area (Å²) in [6.45, 7) is 3.19. The zero-order valence-corrected chi connectivity index (χ0v) is 12.2. The van der Waals surface area contributed by atoms with Gasteiger partial charge >= 0.3 is 0 Å². The van der Waals surface area contributed by atoms with E-state index in [0.717, 1.165) is 17.7 Å². The van der Waals surface area contributed by atoms with Crippen LogP contribution >= 0.6 is 11.6 Å². The standard InChI is InChI=1S/C16H18ClNO2/c1-2-7-19-15-8-14(18)9-16(10-15)20-11-12-3-5-13(17)6-4-12/h3-6,8-10H,2,7,11,18H2,1H3. The van der Waals surface area contributed by atoms with Gasteiger partial charge in [-0.1, -0.05) is 30.7 Å². The van der Waals surface area contributed by atoms with Gasteiger partial charge in [0, 0.05) is 28.9 Å². The minimum Gasteiger partial charge on any atom is -0.493 e. The third-order valence-corrected chi connectivity index (χ3v) is 2.95. The van der Waals surface area contributed by atoms with E-state index in [2.05, 4.69) is 6.92 Å².